The number of rotatable bonds is 7. The van der Waals surface area contributed by atoms with E-state index in [1.807, 2.05) is 71.6 Å². The summed E-state index contributed by atoms with van der Waals surface area (Å²) in [5.41, 5.74) is 6.96. The van der Waals surface area contributed by atoms with E-state index in [1.54, 1.807) is 18.2 Å². The Balaban J connectivity index is 1.28. The highest BCUT2D eigenvalue weighted by Gasteiger charge is 2.43. The molecule has 0 saturated heterocycles. The van der Waals surface area contributed by atoms with Gasteiger partial charge < -0.3 is 15.3 Å². The van der Waals surface area contributed by atoms with Gasteiger partial charge in [0.15, 0.2) is 0 Å². The second kappa shape index (κ2) is 10.8. The largest absolute Gasteiger partial charge is 0.478 e. The number of benzene rings is 4. The van der Waals surface area contributed by atoms with Crippen LogP contribution >= 0.6 is 0 Å². The van der Waals surface area contributed by atoms with Gasteiger partial charge in [-0.2, -0.15) is 0 Å². The van der Waals surface area contributed by atoms with E-state index < -0.39 is 5.97 Å². The molecule has 200 valence electrons. The first-order chi connectivity index (χ1) is 19.5. The molecule has 1 aliphatic heterocycles. The minimum Gasteiger partial charge on any atom is -0.478 e. The first-order valence-electron chi connectivity index (χ1n) is 13.6. The first kappa shape index (κ1) is 25.6. The van der Waals surface area contributed by atoms with Gasteiger partial charge in [0.2, 0.25) is 5.91 Å². The lowest BCUT2D eigenvalue weighted by molar-refractivity contribution is -0.122. The number of nitrogens with one attached hydrogen (secondary N) is 1. The summed E-state index contributed by atoms with van der Waals surface area (Å²) in [5.74, 6) is -0.703. The normalized spacial score (nSPS) is 17.6. The Kier molecular flexibility index (Phi) is 6.91. The van der Waals surface area contributed by atoms with Crippen LogP contribution in [-0.4, -0.2) is 34.3 Å². The summed E-state index contributed by atoms with van der Waals surface area (Å²) in [6, 6.07) is 30.4. The SMILES string of the molecule is O=C(O)c1cccc(-c2ccc(CNC(=O)[C@@H]3C[C@H]3c3ccccc3)c3c2CCN(C(=O)c2ccccc2)C3)c1. The van der Waals surface area contributed by atoms with Gasteiger partial charge in [-0.3, -0.25) is 9.59 Å². The molecule has 0 aromatic heterocycles. The fourth-order valence-corrected chi connectivity index (χ4v) is 5.80. The van der Waals surface area contributed by atoms with Gasteiger partial charge in [0, 0.05) is 31.1 Å². The third-order valence-corrected chi connectivity index (χ3v) is 8.05. The second-order valence-corrected chi connectivity index (χ2v) is 10.5. The van der Waals surface area contributed by atoms with E-state index in [0.717, 1.165) is 34.2 Å². The minimum absolute atomic E-state index is 0.0209. The maximum Gasteiger partial charge on any atom is 0.335 e. The van der Waals surface area contributed by atoms with Crippen LogP contribution in [0.2, 0.25) is 0 Å². The van der Waals surface area contributed by atoms with Crippen molar-refractivity contribution in [3.63, 3.8) is 0 Å². The van der Waals surface area contributed by atoms with Crippen LogP contribution in [-0.2, 0) is 24.3 Å². The van der Waals surface area contributed by atoms with E-state index >= 15 is 0 Å². The van der Waals surface area contributed by atoms with Crippen molar-refractivity contribution in [1.82, 2.24) is 10.2 Å². The molecule has 0 spiro atoms. The van der Waals surface area contributed by atoms with Crippen molar-refractivity contribution in [2.45, 2.75) is 31.8 Å². The van der Waals surface area contributed by atoms with Crippen molar-refractivity contribution in [3.8, 4) is 11.1 Å². The number of hydrogen-bond acceptors (Lipinski definition) is 3. The summed E-state index contributed by atoms with van der Waals surface area (Å²) < 4.78 is 0. The van der Waals surface area contributed by atoms with Crippen molar-refractivity contribution in [3.05, 3.63) is 130 Å². The highest BCUT2D eigenvalue weighted by Crippen LogP contribution is 2.47. The van der Waals surface area contributed by atoms with Gasteiger partial charge in [-0.1, -0.05) is 72.8 Å². The molecule has 2 aliphatic rings. The number of nitrogens with zero attached hydrogens (tertiary/aromatic N) is 1. The van der Waals surface area contributed by atoms with E-state index in [9.17, 15) is 19.5 Å². The standard InChI is InChI=1S/C34H30N2O4/c37-32(30-19-29(30)22-8-3-1-4-9-22)35-20-26-14-15-27(24-12-7-13-25(18-24)34(39)40)28-16-17-36(21-31(26)28)33(38)23-10-5-2-6-11-23/h1-15,18,29-30H,16-17,19-21H2,(H,35,37)(H,39,40)/t29-,30+/m0/s1. The molecule has 2 atom stereocenters. The van der Waals surface area contributed by atoms with Crippen molar-refractivity contribution >= 4 is 17.8 Å². The topological polar surface area (TPSA) is 86.7 Å². The van der Waals surface area contributed by atoms with Gasteiger partial charge in [0.05, 0.1) is 5.56 Å². The third-order valence-electron chi connectivity index (χ3n) is 8.05. The molecule has 0 radical (unpaired) electrons. The van der Waals surface area contributed by atoms with Crippen LogP contribution < -0.4 is 5.32 Å². The maximum atomic E-state index is 13.3. The molecule has 1 heterocycles. The van der Waals surface area contributed by atoms with Crippen LogP contribution in [0.3, 0.4) is 0 Å². The van der Waals surface area contributed by atoms with E-state index in [2.05, 4.69) is 17.4 Å². The molecule has 2 amide bonds. The van der Waals surface area contributed by atoms with Crippen LogP contribution in [0.15, 0.2) is 97.1 Å². The van der Waals surface area contributed by atoms with Gasteiger partial charge in [-0.15, -0.1) is 0 Å². The Morgan fingerprint density at radius 2 is 1.55 bits per heavy atom. The van der Waals surface area contributed by atoms with E-state index in [0.29, 0.717) is 31.6 Å². The average molecular weight is 531 g/mol. The zero-order valence-electron chi connectivity index (χ0n) is 22.0. The van der Waals surface area contributed by atoms with Crippen LogP contribution in [0.25, 0.3) is 11.1 Å². The molecular formula is C34H30N2O4. The van der Waals surface area contributed by atoms with Crippen molar-refractivity contribution in [2.75, 3.05) is 6.54 Å². The Morgan fingerprint density at radius 1 is 0.825 bits per heavy atom. The molecule has 6 nitrogen and oxygen atoms in total. The molecule has 6 heteroatoms. The molecule has 1 saturated carbocycles. The van der Waals surface area contributed by atoms with Crippen LogP contribution in [0, 0.1) is 5.92 Å². The molecule has 1 aliphatic carbocycles. The molecule has 0 unspecified atom stereocenters. The lowest BCUT2D eigenvalue weighted by Gasteiger charge is -2.32. The van der Waals surface area contributed by atoms with Crippen LogP contribution in [0.4, 0.5) is 0 Å². The van der Waals surface area contributed by atoms with Gasteiger partial charge >= 0.3 is 5.97 Å². The summed E-state index contributed by atoms with van der Waals surface area (Å²) in [7, 11) is 0. The van der Waals surface area contributed by atoms with Crippen molar-refractivity contribution < 1.29 is 19.5 Å². The highest BCUT2D eigenvalue weighted by atomic mass is 16.4. The van der Waals surface area contributed by atoms with Crippen LogP contribution in [0.5, 0.6) is 0 Å². The monoisotopic (exact) mass is 530 g/mol. The number of carboxylic acid groups (broad SMARTS) is 1. The summed E-state index contributed by atoms with van der Waals surface area (Å²) in [6.07, 6.45) is 1.49. The van der Waals surface area contributed by atoms with Gasteiger partial charge in [0.1, 0.15) is 0 Å². The maximum absolute atomic E-state index is 13.3. The lowest BCUT2D eigenvalue weighted by atomic mass is 9.87. The Morgan fingerprint density at radius 3 is 2.30 bits per heavy atom. The summed E-state index contributed by atoms with van der Waals surface area (Å²) in [4.78, 5) is 39.8. The Hall–Kier alpha value is -4.71. The zero-order valence-corrected chi connectivity index (χ0v) is 22.0. The predicted octanol–water partition coefficient (Wildman–Crippen LogP) is 5.67. The smallest absolute Gasteiger partial charge is 0.335 e. The molecule has 40 heavy (non-hydrogen) atoms. The van der Waals surface area contributed by atoms with Gasteiger partial charge in [-0.05, 0) is 76.4 Å². The number of carbonyl (C=O) groups excluding carboxylic acids is 2. The van der Waals surface area contributed by atoms with Crippen LogP contribution in [0.1, 0.15) is 55.3 Å². The molecule has 6 rings (SSSR count). The number of amides is 2. The quantitative estimate of drug-likeness (QED) is 0.322. The summed E-state index contributed by atoms with van der Waals surface area (Å²) in [5, 5.41) is 12.7. The molecular weight excluding hydrogens is 500 g/mol. The van der Waals surface area contributed by atoms with E-state index in [4.69, 9.17) is 0 Å². The lowest BCUT2D eigenvalue weighted by Crippen LogP contribution is -2.37. The van der Waals surface area contributed by atoms with Gasteiger partial charge in [-0.25, -0.2) is 4.79 Å². The molecule has 0 bridgehead atoms. The zero-order chi connectivity index (χ0) is 27.6. The van der Waals surface area contributed by atoms with Crippen molar-refractivity contribution in [1.29, 1.82) is 0 Å². The second-order valence-electron chi connectivity index (χ2n) is 10.5. The number of aromatic carboxylic acids is 1. The summed E-state index contributed by atoms with van der Waals surface area (Å²) >= 11 is 0. The minimum atomic E-state index is -0.969. The Labute approximate surface area is 233 Å². The fraction of sp³-hybridized carbons (Fsp3) is 0.206. The number of carbonyl (C=O) groups is 3. The predicted molar refractivity (Wildman–Crippen MR) is 153 cm³/mol. The molecule has 2 N–H and O–H groups in total. The first-order valence-corrected chi connectivity index (χ1v) is 13.6. The highest BCUT2D eigenvalue weighted by molar-refractivity contribution is 5.94. The van der Waals surface area contributed by atoms with E-state index in [1.165, 1.54) is 5.56 Å². The molecule has 4 aromatic carbocycles. The number of carboxylic acids is 1. The van der Waals surface area contributed by atoms with E-state index in [-0.39, 0.29) is 29.2 Å². The average Bonchev–Trinajstić information content (AvgIpc) is 3.81. The van der Waals surface area contributed by atoms with Gasteiger partial charge in [0.25, 0.3) is 5.91 Å². The number of hydrogen-bond donors (Lipinski definition) is 2. The summed E-state index contributed by atoms with van der Waals surface area (Å²) in [6.45, 7) is 1.36. The fourth-order valence-electron chi connectivity index (χ4n) is 5.80. The third kappa shape index (κ3) is 5.13. The number of fused-ring (bicyclic) bond motifs is 1. The van der Waals surface area contributed by atoms with Crippen molar-refractivity contribution in [2.24, 2.45) is 5.92 Å². The Bertz CT molecular complexity index is 1580. The molecule has 1 fully saturated rings. The molecule has 4 aromatic rings.